The number of carbonyl (C=O) groups excluding carboxylic acids is 1. The Morgan fingerprint density at radius 2 is 1.93 bits per heavy atom. The van der Waals surface area contributed by atoms with Gasteiger partial charge in [-0.2, -0.15) is 10.1 Å². The quantitative estimate of drug-likeness (QED) is 0.626. The molecule has 0 aliphatic carbocycles. The average molecular weight is 380 g/mol. The lowest BCUT2D eigenvalue weighted by Crippen LogP contribution is -2.12. The molecule has 3 aromatic rings. The number of hydrazone groups is 1. The number of esters is 1. The van der Waals surface area contributed by atoms with Gasteiger partial charge in [0.25, 0.3) is 5.89 Å². The van der Waals surface area contributed by atoms with Crippen LogP contribution < -0.4 is 5.01 Å². The summed E-state index contributed by atoms with van der Waals surface area (Å²) in [5.41, 5.74) is 3.02. The molecule has 0 atom stereocenters. The number of anilines is 1. The number of ether oxygens (including phenoxy) is 1. The molecular formula is C20H17FN4O3. The maximum Gasteiger partial charge on any atom is 0.338 e. The summed E-state index contributed by atoms with van der Waals surface area (Å²) in [4.78, 5) is 16.4. The van der Waals surface area contributed by atoms with Crippen LogP contribution in [0.4, 0.5) is 10.1 Å². The Balaban J connectivity index is 1.36. The average Bonchev–Trinajstić information content (AvgIpc) is 3.36. The van der Waals surface area contributed by atoms with Crippen molar-refractivity contribution in [2.75, 3.05) is 11.6 Å². The number of aromatic nitrogens is 2. The van der Waals surface area contributed by atoms with Crippen molar-refractivity contribution < 1.29 is 18.4 Å². The number of carbonyl (C=O) groups is 1. The number of benzene rings is 2. The fourth-order valence-electron chi connectivity index (χ4n) is 2.77. The summed E-state index contributed by atoms with van der Waals surface area (Å²) in [6.07, 6.45) is 0.939. The third kappa shape index (κ3) is 3.90. The third-order valence-corrected chi connectivity index (χ3v) is 4.27. The van der Waals surface area contributed by atoms with E-state index in [-0.39, 0.29) is 24.1 Å². The zero-order valence-corrected chi connectivity index (χ0v) is 15.1. The second-order valence-electron chi connectivity index (χ2n) is 6.35. The molecule has 0 spiro atoms. The molecule has 1 aliphatic rings. The highest BCUT2D eigenvalue weighted by molar-refractivity contribution is 5.90. The molecule has 28 heavy (non-hydrogen) atoms. The SMILES string of the molecule is CC1=NN(c2ccc(C(=O)OCc3noc(-c4ccc(F)cc4)n3)cc2)CC1. The summed E-state index contributed by atoms with van der Waals surface area (Å²) in [5, 5.41) is 10.1. The van der Waals surface area contributed by atoms with Gasteiger partial charge in [0.05, 0.1) is 11.3 Å². The van der Waals surface area contributed by atoms with Gasteiger partial charge in [-0.05, 0) is 55.5 Å². The van der Waals surface area contributed by atoms with Crippen molar-refractivity contribution in [1.29, 1.82) is 0 Å². The molecule has 2 heterocycles. The lowest BCUT2D eigenvalue weighted by molar-refractivity contribution is 0.0459. The minimum atomic E-state index is -0.485. The smallest absolute Gasteiger partial charge is 0.338 e. The van der Waals surface area contributed by atoms with Crippen LogP contribution in [0.5, 0.6) is 0 Å². The molecule has 4 rings (SSSR count). The normalized spacial score (nSPS) is 13.5. The Morgan fingerprint density at radius 1 is 1.18 bits per heavy atom. The van der Waals surface area contributed by atoms with E-state index in [1.165, 1.54) is 24.3 Å². The van der Waals surface area contributed by atoms with Gasteiger partial charge < -0.3 is 9.26 Å². The summed E-state index contributed by atoms with van der Waals surface area (Å²) in [5.74, 6) is -0.376. The summed E-state index contributed by atoms with van der Waals surface area (Å²) < 4.78 is 23.3. The second-order valence-corrected chi connectivity index (χ2v) is 6.35. The first-order valence-electron chi connectivity index (χ1n) is 8.76. The zero-order chi connectivity index (χ0) is 19.5. The molecule has 142 valence electrons. The first-order chi connectivity index (χ1) is 13.6. The summed E-state index contributed by atoms with van der Waals surface area (Å²) in [7, 11) is 0. The van der Waals surface area contributed by atoms with Gasteiger partial charge >= 0.3 is 5.97 Å². The number of hydrogen-bond donors (Lipinski definition) is 0. The first kappa shape index (κ1) is 17.8. The molecule has 0 unspecified atom stereocenters. The maximum absolute atomic E-state index is 13.0. The first-order valence-corrected chi connectivity index (χ1v) is 8.76. The largest absolute Gasteiger partial charge is 0.454 e. The predicted octanol–water partition coefficient (Wildman–Crippen LogP) is 3.82. The molecule has 2 aromatic carbocycles. The standard InChI is InChI=1S/C20H17FN4O3/c1-13-10-11-25(23-13)17-8-4-15(5-9-17)20(26)27-12-18-22-19(28-24-18)14-2-6-16(21)7-3-14/h2-9H,10-12H2,1H3. The zero-order valence-electron chi connectivity index (χ0n) is 15.1. The van der Waals surface area contributed by atoms with Crippen molar-refractivity contribution in [2.45, 2.75) is 20.0 Å². The molecule has 0 bridgehead atoms. The molecule has 0 radical (unpaired) electrons. The third-order valence-electron chi connectivity index (χ3n) is 4.27. The van der Waals surface area contributed by atoms with Gasteiger partial charge in [0, 0.05) is 24.2 Å². The van der Waals surface area contributed by atoms with E-state index in [1.54, 1.807) is 12.1 Å². The molecular weight excluding hydrogens is 363 g/mol. The van der Waals surface area contributed by atoms with Crippen LogP contribution in [0, 0.1) is 5.82 Å². The van der Waals surface area contributed by atoms with Crippen LogP contribution in [0.15, 0.2) is 58.2 Å². The Morgan fingerprint density at radius 3 is 2.61 bits per heavy atom. The minimum Gasteiger partial charge on any atom is -0.454 e. The minimum absolute atomic E-state index is 0.124. The van der Waals surface area contributed by atoms with Gasteiger partial charge in [-0.3, -0.25) is 5.01 Å². The van der Waals surface area contributed by atoms with Gasteiger partial charge in [-0.15, -0.1) is 0 Å². The number of rotatable bonds is 5. The van der Waals surface area contributed by atoms with Gasteiger partial charge in [-0.25, -0.2) is 9.18 Å². The molecule has 0 N–H and O–H groups in total. The van der Waals surface area contributed by atoms with Crippen molar-refractivity contribution in [2.24, 2.45) is 5.10 Å². The molecule has 0 saturated carbocycles. The van der Waals surface area contributed by atoms with E-state index < -0.39 is 5.97 Å². The van der Waals surface area contributed by atoms with Crippen molar-refractivity contribution >= 4 is 17.4 Å². The van der Waals surface area contributed by atoms with Crippen LogP contribution in [0.2, 0.25) is 0 Å². The lowest BCUT2D eigenvalue weighted by Gasteiger charge is -2.13. The fourth-order valence-corrected chi connectivity index (χ4v) is 2.77. The summed E-state index contributed by atoms with van der Waals surface area (Å²) >= 11 is 0. The lowest BCUT2D eigenvalue weighted by atomic mass is 10.2. The van der Waals surface area contributed by atoms with Crippen LogP contribution in [0.1, 0.15) is 29.5 Å². The monoisotopic (exact) mass is 380 g/mol. The topological polar surface area (TPSA) is 80.8 Å². The number of nitrogens with zero attached hydrogens (tertiary/aromatic N) is 4. The molecule has 0 saturated heterocycles. The van der Waals surface area contributed by atoms with E-state index in [1.807, 2.05) is 24.1 Å². The Hall–Kier alpha value is -3.55. The Bertz CT molecular complexity index is 1010. The Kier molecular flexibility index (Phi) is 4.84. The number of hydrogen-bond acceptors (Lipinski definition) is 7. The summed E-state index contributed by atoms with van der Waals surface area (Å²) in [6.45, 7) is 2.70. The highest BCUT2D eigenvalue weighted by Gasteiger charge is 2.15. The Labute approximate surface area is 160 Å². The highest BCUT2D eigenvalue weighted by Crippen LogP contribution is 2.21. The van der Waals surface area contributed by atoms with Crippen LogP contribution in [-0.2, 0) is 11.3 Å². The molecule has 0 fully saturated rings. The van der Waals surface area contributed by atoms with E-state index >= 15 is 0 Å². The van der Waals surface area contributed by atoms with E-state index in [0.29, 0.717) is 11.1 Å². The van der Waals surface area contributed by atoms with E-state index in [4.69, 9.17) is 9.26 Å². The van der Waals surface area contributed by atoms with E-state index in [2.05, 4.69) is 15.2 Å². The fraction of sp³-hybridized carbons (Fsp3) is 0.200. The van der Waals surface area contributed by atoms with Crippen LogP contribution in [0.25, 0.3) is 11.5 Å². The number of halogens is 1. The van der Waals surface area contributed by atoms with Crippen LogP contribution >= 0.6 is 0 Å². The van der Waals surface area contributed by atoms with Crippen LogP contribution in [0.3, 0.4) is 0 Å². The van der Waals surface area contributed by atoms with Gasteiger partial charge in [0.1, 0.15) is 5.82 Å². The van der Waals surface area contributed by atoms with Gasteiger partial charge in [0.2, 0.25) is 5.82 Å². The predicted molar refractivity (Wildman–Crippen MR) is 100 cm³/mol. The molecule has 7 nitrogen and oxygen atoms in total. The van der Waals surface area contributed by atoms with Crippen molar-refractivity contribution in [3.63, 3.8) is 0 Å². The second kappa shape index (κ2) is 7.59. The van der Waals surface area contributed by atoms with E-state index in [9.17, 15) is 9.18 Å². The molecule has 1 aromatic heterocycles. The van der Waals surface area contributed by atoms with Gasteiger partial charge in [0.15, 0.2) is 6.61 Å². The van der Waals surface area contributed by atoms with Crippen molar-refractivity contribution in [3.05, 3.63) is 65.7 Å². The molecule has 8 heteroatoms. The summed E-state index contributed by atoms with van der Waals surface area (Å²) in [6, 6.07) is 12.7. The van der Waals surface area contributed by atoms with Crippen molar-refractivity contribution in [1.82, 2.24) is 10.1 Å². The maximum atomic E-state index is 13.0. The van der Waals surface area contributed by atoms with Crippen molar-refractivity contribution in [3.8, 4) is 11.5 Å². The highest BCUT2D eigenvalue weighted by atomic mass is 19.1. The molecule has 1 aliphatic heterocycles. The molecule has 0 amide bonds. The van der Waals surface area contributed by atoms with Crippen LogP contribution in [-0.4, -0.2) is 28.4 Å². The van der Waals surface area contributed by atoms with E-state index in [0.717, 1.165) is 24.4 Å². The van der Waals surface area contributed by atoms with Gasteiger partial charge in [-0.1, -0.05) is 5.16 Å².